The van der Waals surface area contributed by atoms with Crippen molar-refractivity contribution in [2.24, 2.45) is 11.8 Å². The van der Waals surface area contributed by atoms with E-state index in [2.05, 4.69) is 18.8 Å². The Labute approximate surface area is 107 Å². The molecule has 0 aliphatic carbocycles. The Hall–Kier alpha value is -1.77. The fourth-order valence-electron chi connectivity index (χ4n) is 2.66. The van der Waals surface area contributed by atoms with Crippen LogP contribution in [0.15, 0.2) is 30.5 Å². The Morgan fingerprint density at radius 2 is 1.94 bits per heavy atom. The summed E-state index contributed by atoms with van der Waals surface area (Å²) < 4.78 is 0. The van der Waals surface area contributed by atoms with Gasteiger partial charge in [-0.25, -0.2) is 0 Å². The second-order valence-corrected chi connectivity index (χ2v) is 5.44. The molecular formula is C15H18N2O. The number of hydrogen-bond acceptors (Lipinski definition) is 1. The highest BCUT2D eigenvalue weighted by Crippen LogP contribution is 2.24. The molecule has 2 aromatic rings. The quantitative estimate of drug-likeness (QED) is 0.820. The van der Waals surface area contributed by atoms with Gasteiger partial charge in [-0.3, -0.25) is 4.79 Å². The molecule has 1 aromatic heterocycles. The zero-order valence-electron chi connectivity index (χ0n) is 10.8. The molecule has 3 nitrogen and oxygen atoms in total. The molecule has 2 unspecified atom stereocenters. The van der Waals surface area contributed by atoms with E-state index >= 15 is 0 Å². The van der Waals surface area contributed by atoms with Gasteiger partial charge in [-0.2, -0.15) is 0 Å². The third kappa shape index (κ3) is 1.80. The first-order valence-electron chi connectivity index (χ1n) is 6.51. The van der Waals surface area contributed by atoms with Crippen molar-refractivity contribution in [1.82, 2.24) is 9.88 Å². The Morgan fingerprint density at radius 1 is 1.22 bits per heavy atom. The van der Waals surface area contributed by atoms with E-state index in [0.717, 1.165) is 29.6 Å². The SMILES string of the molecule is CC1CN(C(=O)c2ccc3cc[nH]c3c2)CC1C. The van der Waals surface area contributed by atoms with Crippen molar-refractivity contribution < 1.29 is 4.79 Å². The molecule has 2 atom stereocenters. The van der Waals surface area contributed by atoms with Crippen LogP contribution in [0.1, 0.15) is 24.2 Å². The number of hydrogen-bond donors (Lipinski definition) is 1. The molecule has 3 rings (SSSR count). The van der Waals surface area contributed by atoms with Crippen LogP contribution in [-0.2, 0) is 0 Å². The molecule has 1 N–H and O–H groups in total. The number of H-pyrrole nitrogens is 1. The highest BCUT2D eigenvalue weighted by molar-refractivity contribution is 5.98. The average molecular weight is 242 g/mol. The van der Waals surface area contributed by atoms with Crippen molar-refractivity contribution >= 4 is 16.8 Å². The van der Waals surface area contributed by atoms with Crippen LogP contribution < -0.4 is 0 Å². The van der Waals surface area contributed by atoms with Gasteiger partial charge in [0.05, 0.1) is 0 Å². The van der Waals surface area contributed by atoms with Crippen molar-refractivity contribution in [2.75, 3.05) is 13.1 Å². The summed E-state index contributed by atoms with van der Waals surface area (Å²) in [5, 5.41) is 1.15. The molecule has 0 saturated carbocycles. The lowest BCUT2D eigenvalue weighted by molar-refractivity contribution is 0.0785. The zero-order chi connectivity index (χ0) is 12.7. The summed E-state index contributed by atoms with van der Waals surface area (Å²) >= 11 is 0. The maximum atomic E-state index is 12.4. The van der Waals surface area contributed by atoms with Gasteiger partial charge in [0.25, 0.3) is 5.91 Å². The molecule has 1 aliphatic heterocycles. The third-order valence-corrected chi connectivity index (χ3v) is 4.08. The van der Waals surface area contributed by atoms with Gasteiger partial charge in [0.2, 0.25) is 0 Å². The van der Waals surface area contributed by atoms with Gasteiger partial charge < -0.3 is 9.88 Å². The van der Waals surface area contributed by atoms with Gasteiger partial charge in [0.1, 0.15) is 0 Å². The first-order chi connectivity index (χ1) is 8.65. The fourth-order valence-corrected chi connectivity index (χ4v) is 2.66. The van der Waals surface area contributed by atoms with Crippen molar-refractivity contribution in [2.45, 2.75) is 13.8 Å². The lowest BCUT2D eigenvalue weighted by Crippen LogP contribution is -2.28. The van der Waals surface area contributed by atoms with Gasteiger partial charge in [0, 0.05) is 30.4 Å². The Bertz CT molecular complexity index is 577. The second kappa shape index (κ2) is 4.16. The molecule has 1 amide bonds. The van der Waals surface area contributed by atoms with E-state index in [4.69, 9.17) is 0 Å². The Kier molecular flexibility index (Phi) is 2.62. The molecule has 0 spiro atoms. The van der Waals surface area contributed by atoms with E-state index in [1.165, 1.54) is 0 Å². The van der Waals surface area contributed by atoms with Crippen LogP contribution in [-0.4, -0.2) is 28.9 Å². The standard InChI is InChI=1S/C15H18N2O/c1-10-8-17(9-11(10)2)15(18)13-4-3-12-5-6-16-14(12)7-13/h3-7,10-11,16H,8-9H2,1-2H3. The lowest BCUT2D eigenvalue weighted by atomic mass is 10.0. The van der Waals surface area contributed by atoms with Crippen molar-refractivity contribution in [3.05, 3.63) is 36.0 Å². The lowest BCUT2D eigenvalue weighted by Gasteiger charge is -2.16. The smallest absolute Gasteiger partial charge is 0.253 e. The summed E-state index contributed by atoms with van der Waals surface area (Å²) in [6.07, 6.45) is 1.90. The minimum Gasteiger partial charge on any atom is -0.361 e. The largest absolute Gasteiger partial charge is 0.361 e. The molecular weight excluding hydrogens is 224 g/mol. The van der Waals surface area contributed by atoms with Gasteiger partial charge in [0.15, 0.2) is 0 Å². The summed E-state index contributed by atoms with van der Waals surface area (Å²) in [6, 6.07) is 7.89. The summed E-state index contributed by atoms with van der Waals surface area (Å²) in [6.45, 7) is 6.18. The van der Waals surface area contributed by atoms with Crippen LogP contribution in [0, 0.1) is 11.8 Å². The molecule has 94 valence electrons. The minimum absolute atomic E-state index is 0.155. The van der Waals surface area contributed by atoms with E-state index in [1.807, 2.05) is 35.4 Å². The van der Waals surface area contributed by atoms with Crippen LogP contribution in [0.4, 0.5) is 0 Å². The summed E-state index contributed by atoms with van der Waals surface area (Å²) in [7, 11) is 0. The van der Waals surface area contributed by atoms with Crippen LogP contribution in [0.2, 0.25) is 0 Å². The van der Waals surface area contributed by atoms with Crippen molar-refractivity contribution in [1.29, 1.82) is 0 Å². The van der Waals surface area contributed by atoms with Crippen LogP contribution in [0.3, 0.4) is 0 Å². The predicted molar refractivity (Wildman–Crippen MR) is 72.5 cm³/mol. The minimum atomic E-state index is 0.155. The van der Waals surface area contributed by atoms with Gasteiger partial charge >= 0.3 is 0 Å². The van der Waals surface area contributed by atoms with Crippen LogP contribution in [0.5, 0.6) is 0 Å². The number of fused-ring (bicyclic) bond motifs is 1. The maximum absolute atomic E-state index is 12.4. The molecule has 1 aromatic carbocycles. The molecule has 0 radical (unpaired) electrons. The fraction of sp³-hybridized carbons (Fsp3) is 0.400. The van der Waals surface area contributed by atoms with Crippen molar-refractivity contribution in [3.8, 4) is 0 Å². The summed E-state index contributed by atoms with van der Waals surface area (Å²) in [5.74, 6) is 1.36. The topological polar surface area (TPSA) is 36.1 Å². The van der Waals surface area contributed by atoms with Crippen molar-refractivity contribution in [3.63, 3.8) is 0 Å². The van der Waals surface area contributed by atoms with E-state index in [-0.39, 0.29) is 5.91 Å². The average Bonchev–Trinajstić information content (AvgIpc) is 2.95. The number of nitrogens with zero attached hydrogens (tertiary/aromatic N) is 1. The molecule has 3 heteroatoms. The molecule has 1 fully saturated rings. The number of rotatable bonds is 1. The third-order valence-electron chi connectivity index (χ3n) is 4.08. The number of benzene rings is 1. The first kappa shape index (κ1) is 11.3. The van der Waals surface area contributed by atoms with Crippen LogP contribution >= 0.6 is 0 Å². The molecule has 18 heavy (non-hydrogen) atoms. The van der Waals surface area contributed by atoms with Crippen LogP contribution in [0.25, 0.3) is 10.9 Å². The molecule has 1 saturated heterocycles. The normalized spacial score (nSPS) is 23.8. The van der Waals surface area contributed by atoms with Gasteiger partial charge in [-0.15, -0.1) is 0 Å². The number of amides is 1. The van der Waals surface area contributed by atoms with E-state index in [1.54, 1.807) is 0 Å². The van der Waals surface area contributed by atoms with Gasteiger partial charge in [-0.1, -0.05) is 19.9 Å². The van der Waals surface area contributed by atoms with Gasteiger partial charge in [-0.05, 0) is 35.4 Å². The summed E-state index contributed by atoms with van der Waals surface area (Å²) in [5.41, 5.74) is 1.81. The number of carbonyl (C=O) groups excluding carboxylic acids is 1. The number of aromatic amines is 1. The van der Waals surface area contributed by atoms with E-state index < -0.39 is 0 Å². The van der Waals surface area contributed by atoms with E-state index in [0.29, 0.717) is 11.8 Å². The zero-order valence-corrected chi connectivity index (χ0v) is 10.8. The number of likely N-dealkylation sites (tertiary alicyclic amines) is 1. The summed E-state index contributed by atoms with van der Waals surface area (Å²) in [4.78, 5) is 17.5. The highest BCUT2D eigenvalue weighted by Gasteiger charge is 2.29. The predicted octanol–water partition coefficient (Wildman–Crippen LogP) is 2.90. The maximum Gasteiger partial charge on any atom is 0.253 e. The number of aromatic nitrogens is 1. The number of nitrogens with one attached hydrogen (secondary N) is 1. The Balaban J connectivity index is 1.87. The molecule has 1 aliphatic rings. The first-order valence-corrected chi connectivity index (χ1v) is 6.51. The monoisotopic (exact) mass is 242 g/mol. The second-order valence-electron chi connectivity index (χ2n) is 5.44. The molecule has 2 heterocycles. The highest BCUT2D eigenvalue weighted by atomic mass is 16.2. The molecule has 0 bridgehead atoms. The van der Waals surface area contributed by atoms with E-state index in [9.17, 15) is 4.79 Å². The Morgan fingerprint density at radius 3 is 2.67 bits per heavy atom. The number of carbonyl (C=O) groups is 1.